The molecule has 17 heavy (non-hydrogen) atoms. The van der Waals surface area contributed by atoms with Gasteiger partial charge >= 0.3 is 18.0 Å². The van der Waals surface area contributed by atoms with Gasteiger partial charge in [0, 0.05) is 12.6 Å². The van der Waals surface area contributed by atoms with Gasteiger partial charge in [0.15, 0.2) is 0 Å². The number of carbonyl (C=O) groups is 1. The first-order valence-electron chi connectivity index (χ1n) is 4.84. The van der Waals surface area contributed by atoms with Gasteiger partial charge in [0.05, 0.1) is 12.5 Å². The van der Waals surface area contributed by atoms with Crippen LogP contribution in [0.25, 0.3) is 0 Å². The van der Waals surface area contributed by atoms with Crippen molar-refractivity contribution in [3.63, 3.8) is 0 Å². The molecule has 0 spiro atoms. The summed E-state index contributed by atoms with van der Waals surface area (Å²) >= 11 is 0. The molecule has 0 saturated heterocycles. The van der Waals surface area contributed by atoms with Crippen LogP contribution in [0.2, 0.25) is 0 Å². The standard InChI is InChI=1S/C9H9F5N2O/c10-8(11,9(12,13)14)7(17)16(5-1-4-15)6-2-3-6/h6H,1-3,5H2. The average Bonchev–Trinajstić information content (AvgIpc) is 3.00. The third-order valence-corrected chi connectivity index (χ3v) is 2.34. The molecule has 8 heteroatoms. The monoisotopic (exact) mass is 256 g/mol. The number of alkyl halides is 5. The van der Waals surface area contributed by atoms with Crippen molar-refractivity contribution in [1.82, 2.24) is 4.90 Å². The molecular formula is C9H9F5N2O. The fourth-order valence-electron chi connectivity index (χ4n) is 1.31. The lowest BCUT2D eigenvalue weighted by atomic mass is 10.2. The number of nitrogens with zero attached hydrogens (tertiary/aromatic N) is 2. The fourth-order valence-corrected chi connectivity index (χ4v) is 1.31. The number of carbonyl (C=O) groups excluding carboxylic acids is 1. The minimum absolute atomic E-state index is 0.268. The molecule has 1 aliphatic carbocycles. The summed E-state index contributed by atoms with van der Waals surface area (Å²) in [6.07, 6.45) is -5.38. The molecule has 0 bridgehead atoms. The molecule has 0 heterocycles. The van der Waals surface area contributed by atoms with Gasteiger partial charge in [-0.05, 0) is 12.8 Å². The lowest BCUT2D eigenvalue weighted by Crippen LogP contribution is -2.53. The zero-order chi connectivity index (χ0) is 13.3. The van der Waals surface area contributed by atoms with Gasteiger partial charge in [-0.3, -0.25) is 4.79 Å². The summed E-state index contributed by atoms with van der Waals surface area (Å²) in [6.45, 7) is -0.397. The van der Waals surface area contributed by atoms with E-state index in [0.717, 1.165) is 0 Å². The quantitative estimate of drug-likeness (QED) is 0.723. The second-order valence-electron chi connectivity index (χ2n) is 3.71. The van der Waals surface area contributed by atoms with Crippen LogP contribution in [0.1, 0.15) is 19.3 Å². The first-order valence-corrected chi connectivity index (χ1v) is 4.84. The Morgan fingerprint density at radius 2 is 1.82 bits per heavy atom. The highest BCUT2D eigenvalue weighted by Gasteiger charge is 2.65. The van der Waals surface area contributed by atoms with E-state index in [2.05, 4.69) is 0 Å². The second-order valence-corrected chi connectivity index (χ2v) is 3.71. The summed E-state index contributed by atoms with van der Waals surface area (Å²) in [5.74, 6) is -7.65. The Hall–Kier alpha value is -1.39. The lowest BCUT2D eigenvalue weighted by molar-refractivity contribution is -0.274. The van der Waals surface area contributed by atoms with Gasteiger partial charge in [0.2, 0.25) is 0 Å². The molecule has 0 aliphatic heterocycles. The molecule has 0 atom stereocenters. The molecule has 0 unspecified atom stereocenters. The maximum absolute atomic E-state index is 12.8. The van der Waals surface area contributed by atoms with E-state index in [0.29, 0.717) is 17.7 Å². The van der Waals surface area contributed by atoms with Crippen molar-refractivity contribution >= 4 is 5.91 Å². The summed E-state index contributed by atoms with van der Waals surface area (Å²) in [6, 6.07) is 1.01. The zero-order valence-corrected chi connectivity index (χ0v) is 8.60. The highest BCUT2D eigenvalue weighted by Crippen LogP contribution is 2.39. The van der Waals surface area contributed by atoms with Gasteiger partial charge in [-0.2, -0.15) is 27.2 Å². The molecule has 0 N–H and O–H groups in total. The number of nitriles is 1. The summed E-state index contributed by atoms with van der Waals surface area (Å²) in [4.78, 5) is 11.6. The Balaban J connectivity index is 2.81. The molecule has 1 saturated carbocycles. The molecule has 1 aliphatic rings. The van der Waals surface area contributed by atoms with Crippen molar-refractivity contribution in [1.29, 1.82) is 5.26 Å². The van der Waals surface area contributed by atoms with E-state index < -0.39 is 30.6 Å². The lowest BCUT2D eigenvalue weighted by Gasteiger charge is -2.27. The van der Waals surface area contributed by atoms with E-state index in [1.807, 2.05) is 0 Å². The Labute approximate surface area is 93.8 Å². The van der Waals surface area contributed by atoms with Gasteiger partial charge in [-0.15, -0.1) is 0 Å². The SMILES string of the molecule is N#CCCN(C(=O)C(F)(F)C(F)(F)F)C1CC1. The van der Waals surface area contributed by atoms with Crippen molar-refractivity contribution < 1.29 is 26.7 Å². The zero-order valence-electron chi connectivity index (χ0n) is 8.60. The molecule has 1 rings (SSSR count). The molecule has 1 fully saturated rings. The van der Waals surface area contributed by atoms with Crippen LogP contribution in [0.5, 0.6) is 0 Å². The van der Waals surface area contributed by atoms with Crippen molar-refractivity contribution in [3.8, 4) is 6.07 Å². The highest BCUT2D eigenvalue weighted by atomic mass is 19.4. The number of hydrogen-bond acceptors (Lipinski definition) is 2. The number of halogens is 5. The Morgan fingerprint density at radius 1 is 1.29 bits per heavy atom. The van der Waals surface area contributed by atoms with E-state index >= 15 is 0 Å². The maximum Gasteiger partial charge on any atom is 0.463 e. The van der Waals surface area contributed by atoms with E-state index in [1.54, 1.807) is 6.07 Å². The Bertz CT molecular complexity index is 342. The topological polar surface area (TPSA) is 44.1 Å². The molecular weight excluding hydrogens is 247 g/mol. The predicted molar refractivity (Wildman–Crippen MR) is 46.0 cm³/mol. The molecule has 0 aromatic rings. The Morgan fingerprint density at radius 3 is 2.18 bits per heavy atom. The van der Waals surface area contributed by atoms with Gasteiger partial charge in [0.25, 0.3) is 0 Å². The van der Waals surface area contributed by atoms with Gasteiger partial charge in [-0.1, -0.05) is 0 Å². The summed E-state index contributed by atoms with van der Waals surface area (Å²) in [5, 5.41) is 8.26. The minimum Gasteiger partial charge on any atom is -0.333 e. The van der Waals surface area contributed by atoms with Crippen LogP contribution in [-0.2, 0) is 4.79 Å². The van der Waals surface area contributed by atoms with E-state index in [-0.39, 0.29) is 6.42 Å². The molecule has 0 aromatic carbocycles. The molecule has 3 nitrogen and oxygen atoms in total. The minimum atomic E-state index is -5.90. The third-order valence-electron chi connectivity index (χ3n) is 2.34. The van der Waals surface area contributed by atoms with Crippen LogP contribution in [0.3, 0.4) is 0 Å². The summed E-state index contributed by atoms with van der Waals surface area (Å²) in [5.41, 5.74) is 0. The van der Waals surface area contributed by atoms with E-state index in [4.69, 9.17) is 5.26 Å². The van der Waals surface area contributed by atoms with Crippen LogP contribution in [-0.4, -0.2) is 35.5 Å². The average molecular weight is 256 g/mol. The number of amides is 1. The van der Waals surface area contributed by atoms with Crippen molar-refractivity contribution in [2.75, 3.05) is 6.54 Å². The van der Waals surface area contributed by atoms with Gasteiger partial charge in [-0.25, -0.2) is 0 Å². The number of rotatable bonds is 4. The second kappa shape index (κ2) is 4.47. The van der Waals surface area contributed by atoms with Crippen LogP contribution in [0.15, 0.2) is 0 Å². The Kier molecular flexibility index (Phi) is 3.59. The van der Waals surface area contributed by atoms with Crippen LogP contribution in [0, 0.1) is 11.3 Å². The largest absolute Gasteiger partial charge is 0.463 e. The van der Waals surface area contributed by atoms with Crippen LogP contribution < -0.4 is 0 Å². The highest BCUT2D eigenvalue weighted by molar-refractivity contribution is 5.85. The van der Waals surface area contributed by atoms with E-state index in [1.165, 1.54) is 0 Å². The maximum atomic E-state index is 12.8. The summed E-state index contributed by atoms with van der Waals surface area (Å²) in [7, 11) is 0. The first-order chi connectivity index (χ1) is 7.71. The molecule has 1 amide bonds. The van der Waals surface area contributed by atoms with Gasteiger partial charge < -0.3 is 4.90 Å². The molecule has 96 valence electrons. The fraction of sp³-hybridized carbons (Fsp3) is 0.778. The first kappa shape index (κ1) is 13.7. The van der Waals surface area contributed by atoms with Crippen molar-refractivity contribution in [2.45, 2.75) is 37.4 Å². The predicted octanol–water partition coefficient (Wildman–Crippen LogP) is 2.09. The van der Waals surface area contributed by atoms with E-state index in [9.17, 15) is 26.7 Å². The van der Waals surface area contributed by atoms with Crippen LogP contribution in [0.4, 0.5) is 22.0 Å². The normalized spacial score (nSPS) is 16.5. The third kappa shape index (κ3) is 2.84. The number of hydrogen-bond donors (Lipinski definition) is 0. The summed E-state index contributed by atoms with van der Waals surface area (Å²) < 4.78 is 61.5. The van der Waals surface area contributed by atoms with Crippen LogP contribution >= 0.6 is 0 Å². The van der Waals surface area contributed by atoms with Crippen molar-refractivity contribution in [2.24, 2.45) is 0 Å². The van der Waals surface area contributed by atoms with Gasteiger partial charge in [0.1, 0.15) is 0 Å². The molecule has 0 aromatic heterocycles. The molecule has 0 radical (unpaired) electrons. The smallest absolute Gasteiger partial charge is 0.333 e. The van der Waals surface area contributed by atoms with Crippen molar-refractivity contribution in [3.05, 3.63) is 0 Å².